The van der Waals surface area contributed by atoms with E-state index in [-0.39, 0.29) is 22.9 Å². The molecule has 0 aliphatic rings. The number of amides is 1. The molecule has 3 aromatic carbocycles. The lowest BCUT2D eigenvalue weighted by Gasteiger charge is -2.10. The van der Waals surface area contributed by atoms with Crippen LogP contribution in [0, 0.1) is 0 Å². The lowest BCUT2D eigenvalue weighted by atomic mass is 10.2. The van der Waals surface area contributed by atoms with Crippen LogP contribution < -0.4 is 19.9 Å². The van der Waals surface area contributed by atoms with Crippen molar-refractivity contribution in [3.63, 3.8) is 0 Å². The summed E-state index contributed by atoms with van der Waals surface area (Å²) in [6.07, 6.45) is 0.571. The van der Waals surface area contributed by atoms with Gasteiger partial charge < -0.3 is 10.1 Å². The molecule has 0 aliphatic heterocycles. The number of ether oxygens (including phenoxy) is 1. The smallest absolute Gasteiger partial charge is 0.262 e. The van der Waals surface area contributed by atoms with Gasteiger partial charge in [-0.15, -0.1) is 0 Å². The maximum atomic E-state index is 12.4. The van der Waals surface area contributed by atoms with Crippen LogP contribution in [-0.4, -0.2) is 35.9 Å². The number of hydrogen-bond acceptors (Lipinski definition) is 6. The molecule has 3 rings (SSSR count). The molecule has 0 spiro atoms. The van der Waals surface area contributed by atoms with E-state index in [0.717, 1.165) is 5.56 Å². The molecule has 0 heterocycles. The van der Waals surface area contributed by atoms with Crippen molar-refractivity contribution in [3.05, 3.63) is 84.4 Å². The topological polar surface area (TPSA) is 145 Å². The van der Waals surface area contributed by atoms with E-state index < -0.39 is 26.0 Å². The molecule has 3 aromatic rings. The first-order chi connectivity index (χ1) is 15.6. The molecule has 1 amide bonds. The lowest BCUT2D eigenvalue weighted by Crippen LogP contribution is -2.26. The fourth-order valence-corrected chi connectivity index (χ4v) is 4.39. The molecular formula is C22H23N3O6S2. The molecule has 174 valence electrons. The Morgan fingerprint density at radius 2 is 1.42 bits per heavy atom. The molecule has 9 nitrogen and oxygen atoms in total. The summed E-state index contributed by atoms with van der Waals surface area (Å²) < 4.78 is 55.3. The third-order valence-electron chi connectivity index (χ3n) is 4.52. The van der Waals surface area contributed by atoms with Gasteiger partial charge in [0.15, 0.2) is 6.61 Å². The zero-order valence-electron chi connectivity index (χ0n) is 17.5. The summed E-state index contributed by atoms with van der Waals surface area (Å²) >= 11 is 0. The number of primary sulfonamides is 1. The number of carbonyl (C=O) groups excluding carboxylic acids is 1. The standard InChI is InChI=1S/C22H23N3O6S2/c23-32(27,28)20-10-6-18(7-11-20)25-22(26)16-31-19-8-12-21(13-9-19)33(29,30)24-15-14-17-4-2-1-3-5-17/h1-13,24H,14-16H2,(H,25,26)(H2,23,27,28). The van der Waals surface area contributed by atoms with Crippen LogP contribution in [0.15, 0.2) is 88.7 Å². The highest BCUT2D eigenvalue weighted by Gasteiger charge is 2.14. The SMILES string of the molecule is NS(=O)(=O)c1ccc(NC(=O)COc2ccc(S(=O)(=O)NCCc3ccccc3)cc2)cc1. The van der Waals surface area contributed by atoms with Crippen LogP contribution in [0.2, 0.25) is 0 Å². The van der Waals surface area contributed by atoms with Gasteiger partial charge in [-0.05, 0) is 60.5 Å². The Morgan fingerprint density at radius 1 is 0.818 bits per heavy atom. The number of nitrogens with one attached hydrogen (secondary N) is 2. The van der Waals surface area contributed by atoms with Crippen molar-refractivity contribution in [1.82, 2.24) is 4.72 Å². The van der Waals surface area contributed by atoms with Crippen LogP contribution >= 0.6 is 0 Å². The van der Waals surface area contributed by atoms with Crippen LogP contribution in [-0.2, 0) is 31.3 Å². The Balaban J connectivity index is 1.49. The molecule has 11 heteroatoms. The second kappa shape index (κ2) is 10.6. The molecule has 0 saturated heterocycles. The molecule has 0 saturated carbocycles. The van der Waals surface area contributed by atoms with Gasteiger partial charge in [0.2, 0.25) is 20.0 Å². The summed E-state index contributed by atoms with van der Waals surface area (Å²) in [5.74, 6) is -0.157. The highest BCUT2D eigenvalue weighted by molar-refractivity contribution is 7.89. The van der Waals surface area contributed by atoms with Crippen LogP contribution in [0.3, 0.4) is 0 Å². The first-order valence-corrected chi connectivity index (χ1v) is 12.9. The van der Waals surface area contributed by atoms with E-state index in [0.29, 0.717) is 17.9 Å². The number of nitrogens with two attached hydrogens (primary N) is 1. The summed E-state index contributed by atoms with van der Waals surface area (Å²) in [4.78, 5) is 12.1. The maximum absolute atomic E-state index is 12.4. The lowest BCUT2D eigenvalue weighted by molar-refractivity contribution is -0.118. The van der Waals surface area contributed by atoms with Crippen LogP contribution in [0.25, 0.3) is 0 Å². The monoisotopic (exact) mass is 489 g/mol. The van der Waals surface area contributed by atoms with Crippen molar-refractivity contribution in [1.29, 1.82) is 0 Å². The Labute approximate surface area is 192 Å². The van der Waals surface area contributed by atoms with Gasteiger partial charge in [-0.25, -0.2) is 26.7 Å². The third-order valence-corrected chi connectivity index (χ3v) is 6.93. The van der Waals surface area contributed by atoms with Crippen molar-refractivity contribution < 1.29 is 26.4 Å². The number of rotatable bonds is 10. The van der Waals surface area contributed by atoms with E-state index in [1.54, 1.807) is 0 Å². The number of hydrogen-bond donors (Lipinski definition) is 3. The minimum Gasteiger partial charge on any atom is -0.484 e. The second-order valence-electron chi connectivity index (χ2n) is 7.01. The Bertz CT molecular complexity index is 1290. The molecule has 0 bridgehead atoms. The van der Waals surface area contributed by atoms with E-state index >= 15 is 0 Å². The molecule has 4 N–H and O–H groups in total. The average Bonchev–Trinajstić information content (AvgIpc) is 2.78. The summed E-state index contributed by atoms with van der Waals surface area (Å²) in [5, 5.41) is 7.59. The van der Waals surface area contributed by atoms with Crippen molar-refractivity contribution in [3.8, 4) is 5.75 Å². The number of carbonyl (C=O) groups is 1. The summed E-state index contributed by atoms with van der Waals surface area (Å²) in [6.45, 7) is -0.0542. The van der Waals surface area contributed by atoms with E-state index in [1.807, 2.05) is 30.3 Å². The van der Waals surface area contributed by atoms with Gasteiger partial charge >= 0.3 is 0 Å². The largest absolute Gasteiger partial charge is 0.484 e. The van der Waals surface area contributed by atoms with E-state index in [1.165, 1.54) is 48.5 Å². The van der Waals surface area contributed by atoms with E-state index in [2.05, 4.69) is 10.0 Å². The van der Waals surface area contributed by atoms with Gasteiger partial charge in [0.05, 0.1) is 9.79 Å². The predicted octanol–water partition coefficient (Wildman–Crippen LogP) is 1.87. The van der Waals surface area contributed by atoms with Crippen molar-refractivity contribution in [2.45, 2.75) is 16.2 Å². The summed E-state index contributed by atoms with van der Waals surface area (Å²) in [6, 6.07) is 20.6. The van der Waals surface area contributed by atoms with Gasteiger partial charge in [-0.2, -0.15) is 0 Å². The van der Waals surface area contributed by atoms with Gasteiger partial charge in [0.1, 0.15) is 5.75 Å². The normalized spacial score (nSPS) is 11.7. The molecule has 33 heavy (non-hydrogen) atoms. The Hall–Kier alpha value is -3.25. The highest BCUT2D eigenvalue weighted by Crippen LogP contribution is 2.17. The Kier molecular flexibility index (Phi) is 7.82. The summed E-state index contributed by atoms with van der Waals surface area (Å²) in [7, 11) is -7.48. The van der Waals surface area contributed by atoms with Gasteiger partial charge in [0.25, 0.3) is 5.91 Å². The predicted molar refractivity (Wildman–Crippen MR) is 124 cm³/mol. The van der Waals surface area contributed by atoms with Gasteiger partial charge in [-0.1, -0.05) is 30.3 Å². The fraction of sp³-hybridized carbons (Fsp3) is 0.136. The first-order valence-electron chi connectivity index (χ1n) is 9.83. The van der Waals surface area contributed by atoms with Gasteiger partial charge in [-0.3, -0.25) is 4.79 Å². The fourth-order valence-electron chi connectivity index (χ4n) is 2.85. The van der Waals surface area contributed by atoms with Gasteiger partial charge in [0, 0.05) is 12.2 Å². The third kappa shape index (κ3) is 7.39. The number of sulfonamides is 2. The van der Waals surface area contributed by atoms with E-state index in [9.17, 15) is 21.6 Å². The van der Waals surface area contributed by atoms with Crippen LogP contribution in [0.4, 0.5) is 5.69 Å². The van der Waals surface area contributed by atoms with Crippen LogP contribution in [0.5, 0.6) is 5.75 Å². The van der Waals surface area contributed by atoms with E-state index in [4.69, 9.17) is 9.88 Å². The molecule has 0 atom stereocenters. The van der Waals surface area contributed by atoms with Crippen LogP contribution in [0.1, 0.15) is 5.56 Å². The van der Waals surface area contributed by atoms with Crippen molar-refractivity contribution in [2.24, 2.45) is 5.14 Å². The maximum Gasteiger partial charge on any atom is 0.262 e. The molecule has 0 fully saturated rings. The summed E-state index contributed by atoms with van der Waals surface area (Å²) in [5.41, 5.74) is 1.40. The minimum atomic E-state index is -3.81. The zero-order chi connectivity index (χ0) is 23.9. The minimum absolute atomic E-state index is 0.0682. The highest BCUT2D eigenvalue weighted by atomic mass is 32.2. The zero-order valence-corrected chi connectivity index (χ0v) is 19.1. The first kappa shape index (κ1) is 24.4. The second-order valence-corrected chi connectivity index (χ2v) is 10.3. The van der Waals surface area contributed by atoms with Crippen molar-refractivity contribution >= 4 is 31.6 Å². The number of benzene rings is 3. The molecule has 0 radical (unpaired) electrons. The number of anilines is 1. The molecule has 0 aliphatic carbocycles. The van der Waals surface area contributed by atoms with Crippen molar-refractivity contribution in [2.75, 3.05) is 18.5 Å². The average molecular weight is 490 g/mol. The quantitative estimate of drug-likeness (QED) is 0.396. The molecule has 0 aromatic heterocycles. The molecule has 0 unspecified atom stereocenters. The Morgan fingerprint density at radius 3 is 2.03 bits per heavy atom. The molecular weight excluding hydrogens is 466 g/mol.